The Morgan fingerprint density at radius 2 is 2.25 bits per heavy atom. The summed E-state index contributed by atoms with van der Waals surface area (Å²) < 4.78 is 5.50. The molecule has 1 atom stereocenters. The summed E-state index contributed by atoms with van der Waals surface area (Å²) in [6.07, 6.45) is 3.37. The average Bonchev–Trinajstić information content (AvgIpc) is 2.24. The lowest BCUT2D eigenvalue weighted by molar-refractivity contribution is -0.108. The normalized spacial score (nSPS) is 23.9. The van der Waals surface area contributed by atoms with E-state index >= 15 is 0 Å². The number of carbonyl (C=O) groups is 1. The van der Waals surface area contributed by atoms with Crippen molar-refractivity contribution in [3.63, 3.8) is 0 Å². The van der Waals surface area contributed by atoms with Gasteiger partial charge in [0, 0.05) is 37.4 Å². The van der Waals surface area contributed by atoms with E-state index in [2.05, 4.69) is 10.3 Å². The van der Waals surface area contributed by atoms with Gasteiger partial charge < -0.3 is 10.1 Å². The maximum atomic E-state index is 12.3. The highest BCUT2D eigenvalue weighted by Crippen LogP contribution is 2.51. The number of amides is 1. The van der Waals surface area contributed by atoms with E-state index in [0.717, 1.165) is 25.2 Å². The van der Waals surface area contributed by atoms with Gasteiger partial charge in [0.25, 0.3) is 0 Å². The Balaban J connectivity index is 1.81. The molecule has 108 valence electrons. The van der Waals surface area contributed by atoms with Crippen molar-refractivity contribution in [1.82, 2.24) is 15.2 Å². The molecule has 1 aromatic rings. The third kappa shape index (κ3) is 2.16. The Morgan fingerprint density at radius 3 is 2.75 bits per heavy atom. The van der Waals surface area contributed by atoms with Crippen LogP contribution in [0.2, 0.25) is 0 Å². The molecule has 2 saturated heterocycles. The van der Waals surface area contributed by atoms with Crippen LogP contribution >= 0.6 is 0 Å². The van der Waals surface area contributed by atoms with Crippen LogP contribution in [-0.2, 0) is 4.74 Å². The highest BCUT2D eigenvalue weighted by atomic mass is 16.6. The number of carbonyl (C=O) groups excluding carboxylic acids is 1. The van der Waals surface area contributed by atoms with Gasteiger partial charge in [-0.15, -0.1) is 0 Å². The molecule has 0 saturated carbocycles. The van der Waals surface area contributed by atoms with Crippen molar-refractivity contribution < 1.29 is 9.53 Å². The Kier molecular flexibility index (Phi) is 2.97. The fourth-order valence-electron chi connectivity index (χ4n) is 3.05. The predicted octanol–water partition coefficient (Wildman–Crippen LogP) is 1.96. The SMILES string of the molecule is CC(C)(C)OC(=O)N1CC2(CNC2)C1c1cccnc1. The second kappa shape index (κ2) is 4.45. The largest absolute Gasteiger partial charge is 0.444 e. The Hall–Kier alpha value is -1.62. The minimum atomic E-state index is -0.461. The first-order chi connectivity index (χ1) is 9.41. The predicted molar refractivity (Wildman–Crippen MR) is 75.2 cm³/mol. The van der Waals surface area contributed by atoms with Crippen LogP contribution in [0.25, 0.3) is 0 Å². The van der Waals surface area contributed by atoms with Crippen molar-refractivity contribution in [3.05, 3.63) is 30.1 Å². The van der Waals surface area contributed by atoms with E-state index < -0.39 is 5.60 Å². The van der Waals surface area contributed by atoms with Crippen LogP contribution < -0.4 is 5.32 Å². The molecule has 2 aliphatic heterocycles. The summed E-state index contributed by atoms with van der Waals surface area (Å²) in [5, 5.41) is 3.31. The lowest BCUT2D eigenvalue weighted by atomic mass is 9.65. The summed E-state index contributed by atoms with van der Waals surface area (Å²) in [6, 6.07) is 4.03. The third-order valence-electron chi connectivity index (χ3n) is 3.96. The van der Waals surface area contributed by atoms with Gasteiger partial charge in [0.05, 0.1) is 6.04 Å². The molecule has 2 aliphatic rings. The number of pyridine rings is 1. The van der Waals surface area contributed by atoms with Gasteiger partial charge in [-0.1, -0.05) is 6.07 Å². The zero-order valence-corrected chi connectivity index (χ0v) is 12.2. The molecule has 3 heterocycles. The number of hydrogen-bond donors (Lipinski definition) is 1. The van der Waals surface area contributed by atoms with Crippen LogP contribution in [0.3, 0.4) is 0 Å². The van der Waals surface area contributed by atoms with Gasteiger partial charge in [-0.3, -0.25) is 9.88 Å². The van der Waals surface area contributed by atoms with Gasteiger partial charge in [0.1, 0.15) is 5.60 Å². The van der Waals surface area contributed by atoms with E-state index in [1.807, 2.05) is 44.0 Å². The van der Waals surface area contributed by atoms with E-state index in [4.69, 9.17) is 4.74 Å². The highest BCUT2D eigenvalue weighted by Gasteiger charge is 2.59. The van der Waals surface area contributed by atoms with Crippen LogP contribution in [0.4, 0.5) is 4.79 Å². The van der Waals surface area contributed by atoms with E-state index in [9.17, 15) is 4.79 Å². The smallest absolute Gasteiger partial charge is 0.410 e. The Labute approximate surface area is 119 Å². The molecular formula is C15H21N3O2. The maximum Gasteiger partial charge on any atom is 0.410 e. The molecule has 1 unspecified atom stereocenters. The Bertz CT molecular complexity index is 506. The molecule has 0 bridgehead atoms. The van der Waals surface area contributed by atoms with Crippen molar-refractivity contribution in [2.24, 2.45) is 5.41 Å². The number of hydrogen-bond acceptors (Lipinski definition) is 4. The number of ether oxygens (including phenoxy) is 1. The van der Waals surface area contributed by atoms with E-state index in [-0.39, 0.29) is 17.6 Å². The molecule has 0 radical (unpaired) electrons. The maximum absolute atomic E-state index is 12.3. The first-order valence-corrected chi connectivity index (χ1v) is 7.02. The molecule has 0 aliphatic carbocycles. The van der Waals surface area contributed by atoms with Crippen LogP contribution in [0, 0.1) is 5.41 Å². The minimum absolute atomic E-state index is 0.0762. The second-order valence-electron chi connectivity index (χ2n) is 6.76. The Morgan fingerprint density at radius 1 is 1.50 bits per heavy atom. The summed E-state index contributed by atoms with van der Waals surface area (Å²) in [6.45, 7) is 8.34. The molecule has 0 aromatic carbocycles. The first-order valence-electron chi connectivity index (χ1n) is 7.02. The summed E-state index contributed by atoms with van der Waals surface area (Å²) in [5.74, 6) is 0. The monoisotopic (exact) mass is 275 g/mol. The standard InChI is InChI=1S/C15H21N3O2/c1-14(2,3)20-13(19)18-10-15(8-17-9-15)12(18)11-5-4-6-16-7-11/h4-7,12,17H,8-10H2,1-3H3. The fraction of sp³-hybridized carbons (Fsp3) is 0.600. The number of nitrogens with one attached hydrogen (secondary N) is 1. The van der Waals surface area contributed by atoms with E-state index in [1.54, 1.807) is 6.20 Å². The number of nitrogens with zero attached hydrogens (tertiary/aromatic N) is 2. The molecular weight excluding hydrogens is 254 g/mol. The van der Waals surface area contributed by atoms with Crippen molar-refractivity contribution in [2.45, 2.75) is 32.4 Å². The molecule has 1 spiro atoms. The zero-order chi connectivity index (χ0) is 14.4. The van der Waals surface area contributed by atoms with Crippen molar-refractivity contribution in [2.75, 3.05) is 19.6 Å². The summed E-state index contributed by atoms with van der Waals surface area (Å²) in [7, 11) is 0. The molecule has 2 fully saturated rings. The lowest BCUT2D eigenvalue weighted by Gasteiger charge is -2.61. The van der Waals surface area contributed by atoms with Gasteiger partial charge in [-0.2, -0.15) is 0 Å². The summed E-state index contributed by atoms with van der Waals surface area (Å²) in [5.41, 5.74) is 0.794. The molecule has 20 heavy (non-hydrogen) atoms. The molecule has 1 N–H and O–H groups in total. The number of rotatable bonds is 1. The quantitative estimate of drug-likeness (QED) is 0.851. The van der Waals surface area contributed by atoms with E-state index in [1.165, 1.54) is 0 Å². The van der Waals surface area contributed by atoms with Gasteiger partial charge in [0.2, 0.25) is 0 Å². The summed E-state index contributed by atoms with van der Waals surface area (Å²) in [4.78, 5) is 18.3. The van der Waals surface area contributed by atoms with E-state index in [0.29, 0.717) is 0 Å². The van der Waals surface area contributed by atoms with Crippen molar-refractivity contribution >= 4 is 6.09 Å². The van der Waals surface area contributed by atoms with Crippen LogP contribution in [0.15, 0.2) is 24.5 Å². The van der Waals surface area contributed by atoms with Crippen molar-refractivity contribution in [1.29, 1.82) is 0 Å². The molecule has 1 aromatic heterocycles. The topological polar surface area (TPSA) is 54.5 Å². The van der Waals surface area contributed by atoms with Gasteiger partial charge in [0.15, 0.2) is 0 Å². The highest BCUT2D eigenvalue weighted by molar-refractivity contribution is 5.71. The van der Waals surface area contributed by atoms with Crippen molar-refractivity contribution in [3.8, 4) is 0 Å². The minimum Gasteiger partial charge on any atom is -0.444 e. The molecule has 3 rings (SSSR count). The molecule has 1 amide bonds. The second-order valence-corrected chi connectivity index (χ2v) is 6.76. The van der Waals surface area contributed by atoms with Crippen LogP contribution in [-0.4, -0.2) is 41.2 Å². The van der Waals surface area contributed by atoms with Gasteiger partial charge >= 0.3 is 6.09 Å². The van der Waals surface area contributed by atoms with Gasteiger partial charge in [-0.25, -0.2) is 4.79 Å². The lowest BCUT2D eigenvalue weighted by Crippen LogP contribution is -2.73. The molecule has 5 heteroatoms. The number of aromatic nitrogens is 1. The van der Waals surface area contributed by atoms with Gasteiger partial charge in [-0.05, 0) is 32.4 Å². The number of likely N-dealkylation sites (tertiary alicyclic amines) is 1. The van der Waals surface area contributed by atoms with Crippen LogP contribution in [0.5, 0.6) is 0 Å². The molecule has 5 nitrogen and oxygen atoms in total. The fourth-order valence-corrected chi connectivity index (χ4v) is 3.05. The first kappa shape index (κ1) is 13.4. The summed E-state index contributed by atoms with van der Waals surface area (Å²) >= 11 is 0. The zero-order valence-electron chi connectivity index (χ0n) is 12.2. The average molecular weight is 275 g/mol. The van der Waals surface area contributed by atoms with Crippen LogP contribution in [0.1, 0.15) is 32.4 Å². The third-order valence-corrected chi connectivity index (χ3v) is 3.96.